The number of rotatable bonds is 4. The molecule has 0 bridgehead atoms. The van der Waals surface area contributed by atoms with Crippen LogP contribution < -0.4 is 0 Å². The molecule has 1 aromatic rings. The Morgan fingerprint density at radius 3 is 2.71 bits per heavy atom. The van der Waals surface area contributed by atoms with E-state index in [0.29, 0.717) is 19.5 Å². The van der Waals surface area contributed by atoms with E-state index in [-0.39, 0.29) is 12.3 Å². The molecule has 0 aromatic carbocycles. The van der Waals surface area contributed by atoms with E-state index in [2.05, 4.69) is 14.9 Å². The van der Waals surface area contributed by atoms with Crippen LogP contribution in [0.2, 0.25) is 0 Å². The van der Waals surface area contributed by atoms with Crippen molar-refractivity contribution >= 4 is 5.91 Å². The molecular weight excluding hydrogens is 268 g/mol. The molecule has 1 saturated heterocycles. The molecule has 1 unspecified atom stereocenters. The summed E-state index contributed by atoms with van der Waals surface area (Å²) in [6, 6.07) is 0. The first-order valence-electron chi connectivity index (χ1n) is 7.30. The highest BCUT2D eigenvalue weighted by molar-refractivity contribution is 5.76. The Morgan fingerprint density at radius 2 is 2.10 bits per heavy atom. The van der Waals surface area contributed by atoms with Crippen LogP contribution in [0.25, 0.3) is 0 Å². The van der Waals surface area contributed by atoms with E-state index in [1.165, 1.54) is 4.90 Å². The second-order valence-corrected chi connectivity index (χ2v) is 6.14. The zero-order valence-electron chi connectivity index (χ0n) is 13.0. The van der Waals surface area contributed by atoms with Crippen molar-refractivity contribution in [3.8, 4) is 0 Å². The Balaban J connectivity index is 1.96. The van der Waals surface area contributed by atoms with Crippen LogP contribution in [-0.4, -0.2) is 63.6 Å². The van der Waals surface area contributed by atoms with Crippen LogP contribution in [0.4, 0.5) is 0 Å². The van der Waals surface area contributed by atoms with E-state index in [9.17, 15) is 9.90 Å². The van der Waals surface area contributed by atoms with Crippen molar-refractivity contribution in [2.75, 3.05) is 27.2 Å². The van der Waals surface area contributed by atoms with Crippen molar-refractivity contribution in [3.63, 3.8) is 0 Å². The number of likely N-dealkylation sites (tertiary alicyclic amines) is 1. The third-order valence-electron chi connectivity index (χ3n) is 3.85. The Morgan fingerprint density at radius 1 is 1.43 bits per heavy atom. The molecule has 1 aliphatic heterocycles. The van der Waals surface area contributed by atoms with Crippen LogP contribution in [0.3, 0.4) is 0 Å². The van der Waals surface area contributed by atoms with Gasteiger partial charge in [-0.25, -0.2) is 9.97 Å². The summed E-state index contributed by atoms with van der Waals surface area (Å²) in [5.41, 5.74) is 0.106. The summed E-state index contributed by atoms with van der Waals surface area (Å²) < 4.78 is 0. The number of aliphatic hydroxyl groups is 1. The monoisotopic (exact) mass is 292 g/mol. The van der Waals surface area contributed by atoms with E-state index in [1.807, 2.05) is 19.3 Å². The first-order valence-corrected chi connectivity index (χ1v) is 7.30. The normalized spacial score (nSPS) is 23.0. The summed E-state index contributed by atoms with van der Waals surface area (Å²) in [7, 11) is 3.44. The van der Waals surface area contributed by atoms with Crippen molar-refractivity contribution in [3.05, 3.63) is 23.8 Å². The fourth-order valence-electron chi connectivity index (χ4n) is 2.68. The van der Waals surface area contributed by atoms with E-state index in [4.69, 9.17) is 0 Å². The summed E-state index contributed by atoms with van der Waals surface area (Å²) in [6.07, 6.45) is 5.39. The lowest BCUT2D eigenvalue weighted by molar-refractivity contribution is -0.136. The van der Waals surface area contributed by atoms with Crippen molar-refractivity contribution < 1.29 is 9.90 Å². The highest BCUT2D eigenvalue weighted by Crippen LogP contribution is 2.26. The minimum Gasteiger partial charge on any atom is -0.388 e. The van der Waals surface area contributed by atoms with Crippen molar-refractivity contribution in [1.82, 2.24) is 19.8 Å². The van der Waals surface area contributed by atoms with Crippen molar-refractivity contribution in [2.45, 2.75) is 38.3 Å². The number of carbonyl (C=O) groups is 1. The fourth-order valence-corrected chi connectivity index (χ4v) is 2.68. The predicted molar refractivity (Wildman–Crippen MR) is 79.5 cm³/mol. The summed E-state index contributed by atoms with van der Waals surface area (Å²) in [4.78, 5) is 23.9. The maximum Gasteiger partial charge on any atom is 0.224 e. The van der Waals surface area contributed by atoms with Crippen LogP contribution in [-0.2, 0) is 11.3 Å². The summed E-state index contributed by atoms with van der Waals surface area (Å²) in [6.45, 7) is 4.00. The molecule has 1 amide bonds. The first-order chi connectivity index (χ1) is 9.88. The van der Waals surface area contributed by atoms with Crippen molar-refractivity contribution in [2.24, 2.45) is 0 Å². The van der Waals surface area contributed by atoms with Crippen LogP contribution in [0.5, 0.6) is 0 Å². The predicted octanol–water partition coefficient (Wildman–Crippen LogP) is 0.590. The zero-order valence-corrected chi connectivity index (χ0v) is 13.0. The molecule has 21 heavy (non-hydrogen) atoms. The molecule has 1 aliphatic rings. The number of hydrogen-bond donors (Lipinski definition) is 1. The average Bonchev–Trinajstić information content (AvgIpc) is 2.41. The highest BCUT2D eigenvalue weighted by atomic mass is 16.3. The van der Waals surface area contributed by atoms with Gasteiger partial charge in [0.15, 0.2) is 0 Å². The standard InChI is InChI=1S/C15H24N4O2/c1-12-16-8-13(9-17-12)10-19-6-4-5-15(21,11-19)7-14(20)18(2)3/h8-9,21H,4-7,10-11H2,1-3H3. The smallest absolute Gasteiger partial charge is 0.224 e. The third kappa shape index (κ3) is 4.47. The molecule has 116 valence electrons. The topological polar surface area (TPSA) is 69.6 Å². The number of nitrogens with zero attached hydrogens (tertiary/aromatic N) is 4. The first kappa shape index (κ1) is 15.9. The number of hydrogen-bond acceptors (Lipinski definition) is 5. The molecule has 1 aromatic heterocycles. The Bertz CT molecular complexity index is 489. The lowest BCUT2D eigenvalue weighted by Crippen LogP contribution is -2.50. The molecule has 0 spiro atoms. The number of aryl methyl sites for hydroxylation is 1. The van der Waals surface area contributed by atoms with Gasteiger partial charge in [-0.15, -0.1) is 0 Å². The van der Waals surface area contributed by atoms with Gasteiger partial charge in [-0.2, -0.15) is 0 Å². The number of aromatic nitrogens is 2. The Labute approximate surface area is 125 Å². The van der Waals surface area contributed by atoms with E-state index < -0.39 is 5.60 Å². The molecule has 1 fully saturated rings. The second kappa shape index (κ2) is 6.49. The molecule has 2 rings (SSSR count). The minimum atomic E-state index is -0.925. The van der Waals surface area contributed by atoms with E-state index >= 15 is 0 Å². The maximum atomic E-state index is 11.8. The summed E-state index contributed by atoms with van der Waals surface area (Å²) >= 11 is 0. The number of carbonyl (C=O) groups excluding carboxylic acids is 1. The maximum absolute atomic E-state index is 11.8. The van der Waals surface area contributed by atoms with Gasteiger partial charge in [-0.1, -0.05) is 0 Å². The largest absolute Gasteiger partial charge is 0.388 e. The number of β-amino-alcohol motifs (C(OH)–C–C–N with tert-alkyl or cyclic N) is 1. The quantitative estimate of drug-likeness (QED) is 0.879. The fraction of sp³-hybridized carbons (Fsp3) is 0.667. The average molecular weight is 292 g/mol. The highest BCUT2D eigenvalue weighted by Gasteiger charge is 2.35. The zero-order chi connectivity index (χ0) is 15.5. The molecule has 2 heterocycles. The van der Waals surface area contributed by atoms with Gasteiger partial charge in [-0.3, -0.25) is 9.69 Å². The lowest BCUT2D eigenvalue weighted by atomic mass is 9.89. The van der Waals surface area contributed by atoms with Gasteiger partial charge in [0.1, 0.15) is 5.82 Å². The summed E-state index contributed by atoms with van der Waals surface area (Å²) in [5.74, 6) is 0.725. The van der Waals surface area contributed by atoms with Gasteiger partial charge in [-0.05, 0) is 26.3 Å². The van der Waals surface area contributed by atoms with Crippen LogP contribution in [0.1, 0.15) is 30.7 Å². The van der Waals surface area contributed by atoms with Crippen LogP contribution in [0, 0.1) is 6.92 Å². The summed E-state index contributed by atoms with van der Waals surface area (Å²) in [5, 5.41) is 10.7. The van der Waals surface area contributed by atoms with Gasteiger partial charge in [0.25, 0.3) is 0 Å². The lowest BCUT2D eigenvalue weighted by Gasteiger charge is -2.39. The van der Waals surface area contributed by atoms with Crippen LogP contribution >= 0.6 is 0 Å². The number of piperidine rings is 1. The van der Waals surface area contributed by atoms with Gasteiger partial charge >= 0.3 is 0 Å². The van der Waals surface area contributed by atoms with Gasteiger partial charge < -0.3 is 10.0 Å². The van der Waals surface area contributed by atoms with E-state index in [0.717, 1.165) is 24.4 Å². The van der Waals surface area contributed by atoms with Crippen LogP contribution in [0.15, 0.2) is 12.4 Å². The molecule has 6 nitrogen and oxygen atoms in total. The minimum absolute atomic E-state index is 0.0296. The molecule has 0 radical (unpaired) electrons. The van der Waals surface area contributed by atoms with Gasteiger partial charge in [0, 0.05) is 45.1 Å². The molecule has 1 N–H and O–H groups in total. The molecule has 6 heteroatoms. The Hall–Kier alpha value is -1.53. The van der Waals surface area contributed by atoms with Gasteiger partial charge in [0.2, 0.25) is 5.91 Å². The molecule has 1 atom stereocenters. The molecular formula is C15H24N4O2. The Kier molecular flexibility index (Phi) is 4.90. The third-order valence-corrected chi connectivity index (χ3v) is 3.85. The van der Waals surface area contributed by atoms with Crippen molar-refractivity contribution in [1.29, 1.82) is 0 Å². The van der Waals surface area contributed by atoms with Gasteiger partial charge in [0.05, 0.1) is 12.0 Å². The van der Waals surface area contributed by atoms with E-state index in [1.54, 1.807) is 14.1 Å². The molecule has 0 aliphatic carbocycles. The molecule has 0 saturated carbocycles. The SMILES string of the molecule is Cc1ncc(CN2CCCC(O)(CC(=O)N(C)C)C2)cn1. The second-order valence-electron chi connectivity index (χ2n) is 6.14. The number of amides is 1.